The van der Waals surface area contributed by atoms with Gasteiger partial charge in [0.05, 0.1) is 0 Å². The summed E-state index contributed by atoms with van der Waals surface area (Å²) in [5, 5.41) is 5.71. The van der Waals surface area contributed by atoms with Crippen molar-refractivity contribution in [3.8, 4) is 0 Å². The van der Waals surface area contributed by atoms with E-state index in [0.29, 0.717) is 19.6 Å². The minimum Gasteiger partial charge on any atom is -0.445 e. The molecule has 1 heterocycles. The standard InChI is InChI=1S/C15H21N3O4/c1-21-11-17-14(19)13-9-16-7-8-18(13)15(20)22-10-12-5-3-2-4-6-12/h2-6,13,16H,7-11H2,1H3,(H,17,19). The van der Waals surface area contributed by atoms with Crippen LogP contribution < -0.4 is 10.6 Å². The van der Waals surface area contributed by atoms with Gasteiger partial charge in [0.15, 0.2) is 0 Å². The van der Waals surface area contributed by atoms with Crippen LogP contribution in [0.25, 0.3) is 0 Å². The lowest BCUT2D eigenvalue weighted by atomic mass is 10.2. The summed E-state index contributed by atoms with van der Waals surface area (Å²) in [5.41, 5.74) is 0.909. The number of rotatable bonds is 5. The first-order valence-corrected chi connectivity index (χ1v) is 7.17. The maximum atomic E-state index is 12.2. The van der Waals surface area contributed by atoms with Crippen molar-refractivity contribution >= 4 is 12.0 Å². The van der Waals surface area contributed by atoms with Crippen molar-refractivity contribution in [3.63, 3.8) is 0 Å². The van der Waals surface area contributed by atoms with Gasteiger partial charge in [-0.25, -0.2) is 4.79 Å². The second kappa shape index (κ2) is 8.35. The minimum atomic E-state index is -0.591. The van der Waals surface area contributed by atoms with E-state index in [9.17, 15) is 9.59 Å². The molecule has 2 rings (SSSR count). The molecule has 1 aromatic rings. The number of nitrogens with zero attached hydrogens (tertiary/aromatic N) is 1. The first-order chi connectivity index (χ1) is 10.7. The minimum absolute atomic E-state index is 0.113. The second-order valence-corrected chi connectivity index (χ2v) is 4.93. The molecule has 1 unspecified atom stereocenters. The zero-order chi connectivity index (χ0) is 15.8. The molecule has 7 heteroatoms. The van der Waals surface area contributed by atoms with Crippen LogP contribution in [0, 0.1) is 0 Å². The predicted octanol–water partition coefficient (Wildman–Crippen LogP) is 0.317. The van der Waals surface area contributed by atoms with E-state index in [1.165, 1.54) is 12.0 Å². The molecule has 0 aliphatic carbocycles. The normalized spacial score (nSPS) is 17.9. The first-order valence-electron chi connectivity index (χ1n) is 7.17. The van der Waals surface area contributed by atoms with E-state index < -0.39 is 12.1 Å². The molecule has 1 aliphatic rings. The molecule has 0 bridgehead atoms. The topological polar surface area (TPSA) is 79.9 Å². The molecule has 0 radical (unpaired) electrons. The summed E-state index contributed by atoms with van der Waals surface area (Å²) >= 11 is 0. The lowest BCUT2D eigenvalue weighted by Gasteiger charge is -2.34. The molecule has 7 nitrogen and oxygen atoms in total. The van der Waals surface area contributed by atoms with Gasteiger partial charge >= 0.3 is 6.09 Å². The highest BCUT2D eigenvalue weighted by molar-refractivity contribution is 5.86. The van der Waals surface area contributed by atoms with Gasteiger partial charge in [-0.3, -0.25) is 9.69 Å². The Morgan fingerprint density at radius 2 is 2.14 bits per heavy atom. The molecule has 120 valence electrons. The molecule has 0 aromatic heterocycles. The van der Waals surface area contributed by atoms with Crippen LogP contribution in [0.5, 0.6) is 0 Å². The number of ether oxygens (including phenoxy) is 2. The van der Waals surface area contributed by atoms with E-state index in [1.54, 1.807) is 0 Å². The van der Waals surface area contributed by atoms with Crippen LogP contribution in [-0.4, -0.2) is 56.4 Å². The van der Waals surface area contributed by atoms with Crippen molar-refractivity contribution in [2.24, 2.45) is 0 Å². The van der Waals surface area contributed by atoms with E-state index in [2.05, 4.69) is 10.6 Å². The summed E-state index contributed by atoms with van der Waals surface area (Å²) in [4.78, 5) is 25.7. The Bertz CT molecular complexity index is 495. The maximum absolute atomic E-state index is 12.2. The van der Waals surface area contributed by atoms with E-state index in [4.69, 9.17) is 9.47 Å². The number of hydrogen-bond acceptors (Lipinski definition) is 5. The van der Waals surface area contributed by atoms with Gasteiger partial charge in [-0.05, 0) is 5.56 Å². The zero-order valence-corrected chi connectivity index (χ0v) is 12.6. The average molecular weight is 307 g/mol. The summed E-state index contributed by atoms with van der Waals surface area (Å²) in [6, 6.07) is 8.84. The molecule has 1 fully saturated rings. The largest absolute Gasteiger partial charge is 0.445 e. The van der Waals surface area contributed by atoms with Crippen molar-refractivity contribution in [1.29, 1.82) is 0 Å². The molecule has 1 atom stereocenters. The summed E-state index contributed by atoms with van der Waals surface area (Å²) in [5.74, 6) is -0.259. The van der Waals surface area contributed by atoms with Crippen LogP contribution in [0.15, 0.2) is 30.3 Å². The Morgan fingerprint density at radius 3 is 2.86 bits per heavy atom. The summed E-state index contributed by atoms with van der Waals surface area (Å²) in [7, 11) is 1.49. The Labute approximate surface area is 129 Å². The van der Waals surface area contributed by atoms with E-state index >= 15 is 0 Å². The fraction of sp³-hybridized carbons (Fsp3) is 0.467. The second-order valence-electron chi connectivity index (χ2n) is 4.93. The third kappa shape index (κ3) is 4.44. The van der Waals surface area contributed by atoms with Gasteiger partial charge in [0.2, 0.25) is 5.91 Å². The van der Waals surface area contributed by atoms with Crippen LogP contribution in [-0.2, 0) is 20.9 Å². The maximum Gasteiger partial charge on any atom is 0.410 e. The predicted molar refractivity (Wildman–Crippen MR) is 80.0 cm³/mol. The van der Waals surface area contributed by atoms with Gasteiger partial charge in [0, 0.05) is 26.7 Å². The number of hydrogen-bond donors (Lipinski definition) is 2. The Balaban J connectivity index is 1.91. The van der Waals surface area contributed by atoms with Crippen molar-refractivity contribution in [3.05, 3.63) is 35.9 Å². The lowest BCUT2D eigenvalue weighted by molar-refractivity contribution is -0.128. The van der Waals surface area contributed by atoms with Crippen LogP contribution in [0.1, 0.15) is 5.56 Å². The van der Waals surface area contributed by atoms with Gasteiger partial charge in [-0.1, -0.05) is 30.3 Å². The molecule has 1 saturated heterocycles. The molecular formula is C15H21N3O4. The van der Waals surface area contributed by atoms with Gasteiger partial charge in [0.1, 0.15) is 19.4 Å². The van der Waals surface area contributed by atoms with Crippen LogP contribution in [0.2, 0.25) is 0 Å². The van der Waals surface area contributed by atoms with Gasteiger partial charge in [0.25, 0.3) is 0 Å². The number of methoxy groups -OCH3 is 1. The van der Waals surface area contributed by atoms with Gasteiger partial charge < -0.3 is 20.1 Å². The van der Waals surface area contributed by atoms with Gasteiger partial charge in [-0.2, -0.15) is 0 Å². The lowest BCUT2D eigenvalue weighted by Crippen LogP contribution is -2.59. The molecule has 1 aliphatic heterocycles. The van der Waals surface area contributed by atoms with Crippen molar-refractivity contribution in [2.45, 2.75) is 12.6 Å². The third-order valence-electron chi connectivity index (χ3n) is 3.38. The zero-order valence-electron chi connectivity index (χ0n) is 12.6. The van der Waals surface area contributed by atoms with Crippen LogP contribution in [0.3, 0.4) is 0 Å². The van der Waals surface area contributed by atoms with Crippen LogP contribution in [0.4, 0.5) is 4.79 Å². The van der Waals surface area contributed by atoms with Crippen molar-refractivity contribution in [1.82, 2.24) is 15.5 Å². The fourth-order valence-electron chi connectivity index (χ4n) is 2.22. The molecule has 2 N–H and O–H groups in total. The average Bonchev–Trinajstić information content (AvgIpc) is 2.58. The van der Waals surface area contributed by atoms with E-state index in [0.717, 1.165) is 5.56 Å². The Kier molecular flexibility index (Phi) is 6.17. The highest BCUT2D eigenvalue weighted by Crippen LogP contribution is 2.09. The molecule has 22 heavy (non-hydrogen) atoms. The molecule has 2 amide bonds. The molecule has 1 aromatic carbocycles. The number of carbonyl (C=O) groups is 2. The summed E-state index contributed by atoms with van der Waals surface area (Å²) in [6.07, 6.45) is -0.483. The number of benzene rings is 1. The number of piperazine rings is 1. The third-order valence-corrected chi connectivity index (χ3v) is 3.38. The molecule has 0 saturated carbocycles. The number of carbonyl (C=O) groups excluding carboxylic acids is 2. The van der Waals surface area contributed by atoms with Crippen molar-refractivity contribution < 1.29 is 19.1 Å². The summed E-state index contributed by atoms with van der Waals surface area (Å²) in [6.45, 7) is 1.77. The number of nitrogens with one attached hydrogen (secondary N) is 2. The van der Waals surface area contributed by atoms with Crippen molar-refractivity contribution in [2.75, 3.05) is 33.5 Å². The number of amides is 2. The van der Waals surface area contributed by atoms with Gasteiger partial charge in [-0.15, -0.1) is 0 Å². The monoisotopic (exact) mass is 307 g/mol. The first kappa shape index (κ1) is 16.3. The SMILES string of the molecule is COCNC(=O)C1CNCCN1C(=O)OCc1ccccc1. The molecule has 0 spiro atoms. The quantitative estimate of drug-likeness (QED) is 0.766. The fourth-order valence-corrected chi connectivity index (χ4v) is 2.22. The highest BCUT2D eigenvalue weighted by Gasteiger charge is 2.32. The van der Waals surface area contributed by atoms with E-state index in [1.807, 2.05) is 30.3 Å². The smallest absolute Gasteiger partial charge is 0.410 e. The van der Waals surface area contributed by atoms with Crippen LogP contribution >= 0.6 is 0 Å². The Morgan fingerprint density at radius 1 is 1.36 bits per heavy atom. The summed E-state index contributed by atoms with van der Waals surface area (Å²) < 4.78 is 10.1. The van der Waals surface area contributed by atoms with E-state index in [-0.39, 0.29) is 19.2 Å². The Hall–Kier alpha value is -2.12. The molecular weight excluding hydrogens is 286 g/mol. The highest BCUT2D eigenvalue weighted by atomic mass is 16.6.